The third kappa shape index (κ3) is 14.3. The van der Waals surface area contributed by atoms with E-state index in [2.05, 4.69) is 11.6 Å². The second-order valence-corrected chi connectivity index (χ2v) is 8.71. The largest absolute Gasteiger partial charge is 0.468 e. The van der Waals surface area contributed by atoms with Gasteiger partial charge in [0.05, 0.1) is 12.9 Å². The number of unbranched alkanes of at least 4 members (excludes halogenated alkanes) is 10. The Morgan fingerprint density at radius 2 is 1.32 bits per heavy atom. The highest BCUT2D eigenvalue weighted by atomic mass is 32.2. The summed E-state index contributed by atoms with van der Waals surface area (Å²) in [5.74, 6) is -0.413. The van der Waals surface area contributed by atoms with Gasteiger partial charge >= 0.3 is 5.97 Å². The topological polar surface area (TPSA) is 72.5 Å². The summed E-state index contributed by atoms with van der Waals surface area (Å²) in [6, 6.07) is -0.752. The lowest BCUT2D eigenvalue weighted by Crippen LogP contribution is -2.42. The summed E-state index contributed by atoms with van der Waals surface area (Å²) in [6.07, 6.45) is 13.8. The maximum absolute atomic E-state index is 12.1. The lowest BCUT2D eigenvalue weighted by atomic mass is 10.1. The maximum Gasteiger partial charge on any atom is 0.323 e. The van der Waals surface area contributed by atoms with Crippen LogP contribution in [0, 0.1) is 0 Å². The van der Waals surface area contributed by atoms with Crippen LogP contribution >= 0.6 is 0 Å². The van der Waals surface area contributed by atoms with Crippen molar-refractivity contribution in [1.29, 1.82) is 0 Å². The van der Waals surface area contributed by atoms with E-state index in [4.69, 9.17) is 4.74 Å². The molecule has 0 aliphatic heterocycles. The van der Waals surface area contributed by atoms with E-state index in [1.807, 2.05) is 6.92 Å². The molecule has 0 unspecified atom stereocenters. The highest BCUT2D eigenvalue weighted by Gasteiger charge is 2.24. The molecule has 25 heavy (non-hydrogen) atoms. The van der Waals surface area contributed by atoms with Crippen LogP contribution in [0.15, 0.2) is 0 Å². The Morgan fingerprint density at radius 3 is 1.80 bits per heavy atom. The first-order valence-electron chi connectivity index (χ1n) is 10.0. The molecule has 5 nitrogen and oxygen atoms in total. The third-order valence-electron chi connectivity index (χ3n) is 4.42. The average molecular weight is 378 g/mol. The first kappa shape index (κ1) is 24.4. The number of hydrogen-bond acceptors (Lipinski definition) is 4. The second-order valence-electron chi connectivity index (χ2n) is 6.84. The lowest BCUT2D eigenvalue weighted by Gasteiger charge is -2.16. The Balaban J connectivity index is 3.89. The minimum absolute atomic E-state index is 0.0864. The van der Waals surface area contributed by atoms with Crippen LogP contribution in [0.1, 0.15) is 97.3 Å². The third-order valence-corrected chi connectivity index (χ3v) is 5.89. The van der Waals surface area contributed by atoms with E-state index >= 15 is 0 Å². The second kappa shape index (κ2) is 15.6. The summed E-state index contributed by atoms with van der Waals surface area (Å²) < 4.78 is 31.5. The lowest BCUT2D eigenvalue weighted by molar-refractivity contribution is -0.142. The first-order chi connectivity index (χ1) is 12.0. The van der Waals surface area contributed by atoms with Gasteiger partial charge < -0.3 is 4.74 Å². The monoisotopic (exact) mass is 377 g/mol. The molecule has 0 aromatic heterocycles. The number of nitrogens with one attached hydrogen (secondary N) is 1. The van der Waals surface area contributed by atoms with Crippen molar-refractivity contribution in [3.63, 3.8) is 0 Å². The number of esters is 1. The van der Waals surface area contributed by atoms with Crippen LogP contribution < -0.4 is 4.72 Å². The van der Waals surface area contributed by atoms with Crippen molar-refractivity contribution < 1.29 is 17.9 Å². The summed E-state index contributed by atoms with van der Waals surface area (Å²) in [5, 5.41) is 0. The molecule has 0 aromatic rings. The number of hydrogen-bond donors (Lipinski definition) is 1. The number of rotatable bonds is 17. The Bertz CT molecular complexity index is 423. The van der Waals surface area contributed by atoms with Crippen LogP contribution in [0.25, 0.3) is 0 Å². The molecule has 150 valence electrons. The van der Waals surface area contributed by atoms with Crippen molar-refractivity contribution in [2.45, 2.75) is 103 Å². The Labute approximate surface area is 155 Å². The zero-order valence-electron chi connectivity index (χ0n) is 16.5. The highest BCUT2D eigenvalue weighted by molar-refractivity contribution is 7.89. The molecule has 0 bridgehead atoms. The molecule has 0 aliphatic carbocycles. The van der Waals surface area contributed by atoms with Crippen LogP contribution in [0.4, 0.5) is 0 Å². The van der Waals surface area contributed by atoms with Crippen molar-refractivity contribution in [2.24, 2.45) is 0 Å². The SMILES string of the molecule is CCCCCCCCCCCCS(=O)(=O)N[C@H](CCCC)C(=O)OC. The molecule has 0 saturated heterocycles. The van der Waals surface area contributed by atoms with Gasteiger partial charge in [0.15, 0.2) is 0 Å². The number of sulfonamides is 1. The van der Waals surface area contributed by atoms with Gasteiger partial charge in [-0.2, -0.15) is 0 Å². The molecule has 0 aliphatic rings. The molecule has 0 fully saturated rings. The first-order valence-corrected chi connectivity index (χ1v) is 11.7. The average Bonchev–Trinajstić information content (AvgIpc) is 2.59. The minimum atomic E-state index is -3.42. The van der Waals surface area contributed by atoms with Gasteiger partial charge in [-0.15, -0.1) is 0 Å². The normalized spacial score (nSPS) is 12.9. The maximum atomic E-state index is 12.1. The fourth-order valence-corrected chi connectivity index (χ4v) is 4.18. The minimum Gasteiger partial charge on any atom is -0.468 e. The smallest absolute Gasteiger partial charge is 0.323 e. The number of carbonyl (C=O) groups excluding carboxylic acids is 1. The fraction of sp³-hybridized carbons (Fsp3) is 0.947. The molecule has 0 heterocycles. The molecule has 0 aromatic carbocycles. The zero-order valence-corrected chi connectivity index (χ0v) is 17.3. The summed E-state index contributed by atoms with van der Waals surface area (Å²) >= 11 is 0. The highest BCUT2D eigenvalue weighted by Crippen LogP contribution is 2.11. The number of methoxy groups -OCH3 is 1. The van der Waals surface area contributed by atoms with Crippen LogP contribution in [0.5, 0.6) is 0 Å². The van der Waals surface area contributed by atoms with Gasteiger partial charge in [-0.25, -0.2) is 13.1 Å². The van der Waals surface area contributed by atoms with E-state index in [1.165, 1.54) is 52.1 Å². The van der Waals surface area contributed by atoms with Gasteiger partial charge in [-0.1, -0.05) is 84.5 Å². The van der Waals surface area contributed by atoms with Crippen LogP contribution in [0.3, 0.4) is 0 Å². The molecule has 0 spiro atoms. The zero-order chi connectivity index (χ0) is 19.0. The van der Waals surface area contributed by atoms with Gasteiger partial charge in [0.25, 0.3) is 0 Å². The van der Waals surface area contributed by atoms with E-state index < -0.39 is 22.0 Å². The van der Waals surface area contributed by atoms with Crippen molar-refractivity contribution in [1.82, 2.24) is 4.72 Å². The van der Waals surface area contributed by atoms with E-state index in [0.29, 0.717) is 12.8 Å². The van der Waals surface area contributed by atoms with Gasteiger partial charge in [-0.3, -0.25) is 4.79 Å². The van der Waals surface area contributed by atoms with Crippen molar-refractivity contribution in [3.8, 4) is 0 Å². The molecule has 0 rings (SSSR count). The molecular formula is C19H39NO4S. The van der Waals surface area contributed by atoms with Gasteiger partial charge in [-0.05, 0) is 12.8 Å². The van der Waals surface area contributed by atoms with E-state index in [-0.39, 0.29) is 5.75 Å². The van der Waals surface area contributed by atoms with E-state index in [1.54, 1.807) is 0 Å². The van der Waals surface area contributed by atoms with Crippen LogP contribution in [-0.2, 0) is 19.6 Å². The molecule has 6 heteroatoms. The Hall–Kier alpha value is -0.620. The van der Waals surface area contributed by atoms with Crippen LogP contribution in [-0.4, -0.2) is 33.3 Å². The fourth-order valence-electron chi connectivity index (χ4n) is 2.83. The van der Waals surface area contributed by atoms with Crippen molar-refractivity contribution in [2.75, 3.05) is 12.9 Å². The molecule has 1 atom stereocenters. The number of carbonyl (C=O) groups is 1. The molecule has 0 radical (unpaired) electrons. The molecule has 1 N–H and O–H groups in total. The predicted octanol–water partition coefficient (Wildman–Crippen LogP) is 4.56. The molecule has 0 saturated carbocycles. The Morgan fingerprint density at radius 1 is 0.840 bits per heavy atom. The molecule has 0 amide bonds. The quantitative estimate of drug-likeness (QED) is 0.298. The summed E-state index contributed by atoms with van der Waals surface area (Å²) in [5.41, 5.74) is 0. The van der Waals surface area contributed by atoms with Gasteiger partial charge in [0.1, 0.15) is 6.04 Å². The van der Waals surface area contributed by atoms with Crippen molar-refractivity contribution >= 4 is 16.0 Å². The van der Waals surface area contributed by atoms with E-state index in [0.717, 1.165) is 25.7 Å². The number of ether oxygens (including phenoxy) is 1. The molecular weight excluding hydrogens is 338 g/mol. The van der Waals surface area contributed by atoms with Crippen molar-refractivity contribution in [3.05, 3.63) is 0 Å². The Kier molecular flexibility index (Phi) is 15.2. The van der Waals surface area contributed by atoms with Crippen LogP contribution in [0.2, 0.25) is 0 Å². The standard InChI is InChI=1S/C19H39NO4S/c1-4-6-8-9-10-11-12-13-14-15-17-25(22,23)20-18(16-7-5-2)19(21)24-3/h18,20H,4-17H2,1-3H3/t18-/m1/s1. The summed E-state index contributed by atoms with van der Waals surface area (Å²) in [6.45, 7) is 4.23. The summed E-state index contributed by atoms with van der Waals surface area (Å²) in [4.78, 5) is 11.7. The van der Waals surface area contributed by atoms with E-state index in [9.17, 15) is 13.2 Å². The summed E-state index contributed by atoms with van der Waals surface area (Å²) in [7, 11) is -2.14. The van der Waals surface area contributed by atoms with Gasteiger partial charge in [0, 0.05) is 0 Å². The van der Waals surface area contributed by atoms with Gasteiger partial charge in [0.2, 0.25) is 10.0 Å². The predicted molar refractivity (Wildman–Crippen MR) is 104 cm³/mol.